The van der Waals surface area contributed by atoms with Crippen molar-refractivity contribution in [3.8, 4) is 22.5 Å². The van der Waals surface area contributed by atoms with Crippen LogP contribution in [-0.2, 0) is 0 Å². The maximum Gasteiger partial charge on any atom is 0.251 e. The van der Waals surface area contributed by atoms with Gasteiger partial charge in [-0.05, 0) is 147 Å². The maximum absolute atomic E-state index is 13.0. The number of pyridine rings is 2. The Kier molecular flexibility index (Phi) is 16.2. The molecule has 0 unspecified atom stereocenters. The summed E-state index contributed by atoms with van der Waals surface area (Å²) in [6, 6.07) is 58.4. The lowest BCUT2D eigenvalue weighted by Gasteiger charge is -2.13. The molecule has 0 saturated carbocycles. The zero-order chi connectivity index (χ0) is 54.1. The first-order valence-electron chi connectivity index (χ1n) is 27.7. The predicted molar refractivity (Wildman–Crippen MR) is 324 cm³/mol. The first-order chi connectivity index (χ1) is 38.0. The average Bonchev–Trinajstić information content (AvgIpc) is 3.65. The van der Waals surface area contributed by atoms with Crippen LogP contribution in [-0.4, -0.2) is 38.0 Å². The molecule has 0 aliphatic heterocycles. The van der Waals surface area contributed by atoms with Gasteiger partial charge in [0, 0.05) is 130 Å². The van der Waals surface area contributed by atoms with Gasteiger partial charge in [0.05, 0.1) is 0 Å². The highest BCUT2D eigenvalue weighted by Gasteiger charge is 2.23. The van der Waals surface area contributed by atoms with Gasteiger partial charge in [-0.3, -0.25) is 9.59 Å². The number of hydrogen-bond acceptors (Lipinski definition) is 6. The van der Waals surface area contributed by atoms with Crippen molar-refractivity contribution in [3.63, 3.8) is 0 Å². The third-order valence-electron chi connectivity index (χ3n) is 15.2. The number of rotatable bonds is 21. The Hall–Kier alpha value is -8.76. The van der Waals surface area contributed by atoms with Crippen molar-refractivity contribution in [3.05, 3.63) is 203 Å². The predicted octanol–water partition coefficient (Wildman–Crippen LogP) is 13.7. The SMILES string of the molecule is Cc1cc2cc3cc(C)c(NCCCCCCNC(=O)c4ccc(-c5ccc(C(=O)NCCCCCCNc6cc7c(cc6C)cc6cc(C)c(N)cc6[n+]7-c6ccccc6)cc5)cc4)cc3[n+](-c3ccccc3)c2cc1N. The number of nitrogens with zero attached hydrogens (tertiary/aromatic N) is 2. The van der Waals surface area contributed by atoms with Crippen molar-refractivity contribution in [1.29, 1.82) is 0 Å². The normalized spacial score (nSPS) is 11.4. The van der Waals surface area contributed by atoms with Crippen LogP contribution in [0.2, 0.25) is 0 Å². The number of carbonyl (C=O) groups excluding carboxylic acids is 2. The highest BCUT2D eigenvalue weighted by atomic mass is 16.2. The lowest BCUT2D eigenvalue weighted by atomic mass is 10.0. The fourth-order valence-corrected chi connectivity index (χ4v) is 10.7. The smallest absolute Gasteiger partial charge is 0.251 e. The quantitative estimate of drug-likeness (QED) is 0.0183. The second-order valence-electron chi connectivity index (χ2n) is 21.0. The van der Waals surface area contributed by atoms with E-state index in [1.54, 1.807) is 0 Å². The van der Waals surface area contributed by atoms with Gasteiger partial charge in [-0.25, -0.2) is 0 Å². The number of aryl methyl sites for hydroxylation is 4. The van der Waals surface area contributed by atoms with Crippen LogP contribution in [0.1, 0.15) is 94.3 Å². The molecule has 0 aliphatic carbocycles. The summed E-state index contributed by atoms with van der Waals surface area (Å²) >= 11 is 0. The molecule has 78 heavy (non-hydrogen) atoms. The fourth-order valence-electron chi connectivity index (χ4n) is 10.7. The molecule has 394 valence electrons. The molecule has 0 aliphatic rings. The van der Waals surface area contributed by atoms with E-state index in [-0.39, 0.29) is 11.8 Å². The number of anilines is 4. The summed E-state index contributed by atoms with van der Waals surface area (Å²) in [7, 11) is 0. The molecule has 0 radical (unpaired) electrons. The van der Waals surface area contributed by atoms with Crippen LogP contribution in [0.4, 0.5) is 22.7 Å². The standard InChI is InChI=1S/C68H70N8O2/c1-45-35-53-39-55-37-47(3)61(43-65(55)75(63(53)41-59(45)69)57-19-11-9-12-20-57)71-31-15-5-7-17-33-73-67(77)51-27-23-49(24-28-51)50-25-29-52(30-26-50)68(78)74-34-18-8-6-16-32-72-62-44-66-56(38-48(62)4)40-54-36-46(2)60(70)42-64(54)76(66)58-21-13-10-14-22-58/h9-14,19-30,35-44H,5-8,15-18,31-34H2,1-4H3,(H6,69,70,71,72,73,74,77,78)/p+2. The number of carbonyl (C=O) groups is 2. The molecule has 10 aromatic rings. The highest BCUT2D eigenvalue weighted by Crippen LogP contribution is 2.31. The molecule has 10 heteroatoms. The first kappa shape index (κ1) is 52.7. The summed E-state index contributed by atoms with van der Waals surface area (Å²) in [5.41, 5.74) is 31.1. The van der Waals surface area contributed by atoms with Gasteiger partial charge < -0.3 is 32.7 Å². The largest absolute Gasteiger partial charge is 0.398 e. The number of hydrogen-bond donors (Lipinski definition) is 6. The summed E-state index contributed by atoms with van der Waals surface area (Å²) in [5.74, 6) is -0.137. The molecule has 0 spiro atoms. The molecule has 0 saturated heterocycles. The van der Waals surface area contributed by atoms with E-state index in [9.17, 15) is 9.59 Å². The average molecular weight is 1030 g/mol. The minimum Gasteiger partial charge on any atom is -0.398 e. The van der Waals surface area contributed by atoms with Crippen LogP contribution in [0.15, 0.2) is 170 Å². The molecule has 0 bridgehead atoms. The fraction of sp³-hybridized carbons (Fsp3) is 0.235. The Morgan fingerprint density at radius 1 is 0.372 bits per heavy atom. The van der Waals surface area contributed by atoms with Crippen LogP contribution in [0.3, 0.4) is 0 Å². The summed E-state index contributed by atoms with van der Waals surface area (Å²) in [6.07, 6.45) is 8.10. The lowest BCUT2D eigenvalue weighted by molar-refractivity contribution is -0.538. The minimum atomic E-state index is -0.0685. The second-order valence-corrected chi connectivity index (χ2v) is 21.0. The van der Waals surface area contributed by atoms with Gasteiger partial charge in [0.2, 0.25) is 33.4 Å². The number of unbranched alkanes of at least 4 members (excludes halogenated alkanes) is 6. The van der Waals surface area contributed by atoms with Crippen molar-refractivity contribution in [2.75, 3.05) is 48.3 Å². The number of amides is 2. The number of nitrogens with two attached hydrogens (primary N) is 2. The molecule has 0 atom stereocenters. The summed E-state index contributed by atoms with van der Waals surface area (Å²) in [5, 5.41) is 18.3. The van der Waals surface area contributed by atoms with E-state index in [0.29, 0.717) is 24.2 Å². The third kappa shape index (κ3) is 11.9. The van der Waals surface area contributed by atoms with Crippen molar-refractivity contribution in [2.45, 2.75) is 79.1 Å². The van der Waals surface area contributed by atoms with Crippen LogP contribution >= 0.6 is 0 Å². The van der Waals surface area contributed by atoms with Crippen LogP contribution in [0.5, 0.6) is 0 Å². The second kappa shape index (κ2) is 24.1. The van der Waals surface area contributed by atoms with Crippen molar-refractivity contribution in [1.82, 2.24) is 10.6 Å². The van der Waals surface area contributed by atoms with Gasteiger partial charge in [0.15, 0.2) is 0 Å². The summed E-state index contributed by atoms with van der Waals surface area (Å²) in [6.45, 7) is 11.5. The minimum absolute atomic E-state index is 0.0685. The number of para-hydroxylation sites is 2. The number of nitrogen functional groups attached to an aromatic ring is 2. The number of aromatic nitrogens is 2. The number of benzene rings is 8. The lowest BCUT2D eigenvalue weighted by Crippen LogP contribution is -2.33. The van der Waals surface area contributed by atoms with Crippen molar-refractivity contribution < 1.29 is 18.7 Å². The Bertz CT molecular complexity index is 3530. The van der Waals surface area contributed by atoms with E-state index in [1.165, 1.54) is 21.9 Å². The monoisotopic (exact) mass is 1030 g/mol. The van der Waals surface area contributed by atoms with Crippen LogP contribution in [0.25, 0.3) is 66.1 Å². The molecule has 8 N–H and O–H groups in total. The van der Waals surface area contributed by atoms with Crippen LogP contribution < -0.4 is 41.9 Å². The van der Waals surface area contributed by atoms with E-state index in [0.717, 1.165) is 154 Å². The molecule has 2 amide bonds. The number of nitrogens with one attached hydrogen (secondary N) is 4. The van der Waals surface area contributed by atoms with Crippen molar-refractivity contribution >= 4 is 78.2 Å². The molecule has 0 fully saturated rings. The summed E-state index contributed by atoms with van der Waals surface area (Å²) < 4.78 is 4.62. The molecule has 8 aromatic carbocycles. The zero-order valence-corrected chi connectivity index (χ0v) is 45.5. The topological polar surface area (TPSA) is 142 Å². The van der Waals surface area contributed by atoms with Gasteiger partial charge in [-0.15, -0.1) is 0 Å². The van der Waals surface area contributed by atoms with Crippen molar-refractivity contribution in [2.24, 2.45) is 0 Å². The van der Waals surface area contributed by atoms with E-state index < -0.39 is 0 Å². The Labute approximate surface area is 458 Å². The molecule has 10 rings (SSSR count). The van der Waals surface area contributed by atoms with E-state index in [4.69, 9.17) is 11.5 Å². The Morgan fingerprint density at radius 3 is 1.08 bits per heavy atom. The van der Waals surface area contributed by atoms with E-state index in [2.05, 4.69) is 167 Å². The molecule has 2 aromatic heterocycles. The van der Waals surface area contributed by atoms with Gasteiger partial charge in [0.25, 0.3) is 11.8 Å². The molecular formula is C68H72N8O2+2. The van der Waals surface area contributed by atoms with Gasteiger partial charge in [0.1, 0.15) is 0 Å². The molecule has 2 heterocycles. The first-order valence-corrected chi connectivity index (χ1v) is 27.7. The van der Waals surface area contributed by atoms with E-state index >= 15 is 0 Å². The Balaban J connectivity index is 0.622. The molecule has 10 nitrogen and oxygen atoms in total. The maximum atomic E-state index is 13.0. The zero-order valence-electron chi connectivity index (χ0n) is 45.5. The summed E-state index contributed by atoms with van der Waals surface area (Å²) in [4.78, 5) is 26.1. The van der Waals surface area contributed by atoms with Crippen LogP contribution in [0, 0.1) is 27.7 Å². The molecular weight excluding hydrogens is 961 g/mol. The third-order valence-corrected chi connectivity index (χ3v) is 15.2. The van der Waals surface area contributed by atoms with Gasteiger partial charge >= 0.3 is 0 Å². The van der Waals surface area contributed by atoms with Gasteiger partial charge in [-0.2, -0.15) is 9.13 Å². The number of fused-ring (bicyclic) bond motifs is 4. The highest BCUT2D eigenvalue weighted by molar-refractivity contribution is 5.97. The van der Waals surface area contributed by atoms with Gasteiger partial charge in [-0.1, -0.05) is 86.3 Å². The Morgan fingerprint density at radius 2 is 0.705 bits per heavy atom. The van der Waals surface area contributed by atoms with E-state index in [1.807, 2.05) is 60.7 Å².